The van der Waals surface area contributed by atoms with Gasteiger partial charge in [-0.1, -0.05) is 19.8 Å². The fourth-order valence-electron chi connectivity index (χ4n) is 2.49. The van der Waals surface area contributed by atoms with Crippen molar-refractivity contribution in [3.05, 3.63) is 34.2 Å². The molecule has 98 valence electrons. The maximum Gasteiger partial charge on any atom is 0.256 e. The molecule has 1 saturated carbocycles. The van der Waals surface area contributed by atoms with Crippen molar-refractivity contribution in [2.24, 2.45) is 5.92 Å². The Morgan fingerprint density at radius 1 is 1.33 bits per heavy atom. The average Bonchev–Trinajstić information content (AvgIpc) is 2.55. The largest absolute Gasteiger partial charge is 0.367 e. The lowest BCUT2D eigenvalue weighted by atomic mass is 10.0. The van der Waals surface area contributed by atoms with Gasteiger partial charge in [-0.25, -0.2) is 0 Å². The number of amides is 1. The summed E-state index contributed by atoms with van der Waals surface area (Å²) >= 11 is 0. The van der Waals surface area contributed by atoms with E-state index in [1.165, 1.54) is 24.9 Å². The predicted molar refractivity (Wildman–Crippen MR) is 70.6 cm³/mol. The van der Waals surface area contributed by atoms with E-state index >= 15 is 0 Å². The van der Waals surface area contributed by atoms with E-state index in [0.717, 1.165) is 31.6 Å². The molecule has 1 aliphatic carbocycles. The standard InChI is InChI=1S/C14H20N2O2/c1-10-3-2-4-11(6-5-10)16-14(18)12-9-15-8-7-13(12)17/h7-11H,2-6H2,1H3,(H,15,17)(H,16,18). The molecule has 0 saturated heterocycles. The second-order valence-corrected chi connectivity index (χ2v) is 5.21. The summed E-state index contributed by atoms with van der Waals surface area (Å²) in [5.41, 5.74) is -0.0250. The molecule has 1 heterocycles. The monoisotopic (exact) mass is 248 g/mol. The van der Waals surface area contributed by atoms with Crippen molar-refractivity contribution in [1.82, 2.24) is 10.3 Å². The van der Waals surface area contributed by atoms with Crippen LogP contribution in [0.25, 0.3) is 0 Å². The third-order valence-corrected chi connectivity index (χ3v) is 3.66. The van der Waals surface area contributed by atoms with Gasteiger partial charge in [0, 0.05) is 24.5 Å². The van der Waals surface area contributed by atoms with Crippen molar-refractivity contribution < 1.29 is 4.79 Å². The molecule has 2 unspecified atom stereocenters. The van der Waals surface area contributed by atoms with Crippen molar-refractivity contribution >= 4 is 5.91 Å². The van der Waals surface area contributed by atoms with Crippen LogP contribution in [0.3, 0.4) is 0 Å². The van der Waals surface area contributed by atoms with Crippen molar-refractivity contribution in [3.8, 4) is 0 Å². The molecular formula is C14H20N2O2. The first kappa shape index (κ1) is 12.9. The molecule has 2 rings (SSSR count). The molecule has 1 aromatic rings. The van der Waals surface area contributed by atoms with Gasteiger partial charge in [0.2, 0.25) is 0 Å². The summed E-state index contributed by atoms with van der Waals surface area (Å²) in [5, 5.41) is 2.98. The molecule has 2 atom stereocenters. The van der Waals surface area contributed by atoms with Gasteiger partial charge in [0.25, 0.3) is 5.91 Å². The van der Waals surface area contributed by atoms with E-state index in [1.54, 1.807) is 0 Å². The minimum Gasteiger partial charge on any atom is -0.367 e. The van der Waals surface area contributed by atoms with Gasteiger partial charge in [-0.15, -0.1) is 0 Å². The minimum absolute atomic E-state index is 0.204. The summed E-state index contributed by atoms with van der Waals surface area (Å²) in [6.45, 7) is 2.26. The zero-order chi connectivity index (χ0) is 13.0. The van der Waals surface area contributed by atoms with Gasteiger partial charge in [-0.2, -0.15) is 0 Å². The lowest BCUT2D eigenvalue weighted by Gasteiger charge is -2.16. The maximum atomic E-state index is 12.0. The highest BCUT2D eigenvalue weighted by Gasteiger charge is 2.19. The lowest BCUT2D eigenvalue weighted by molar-refractivity contribution is 0.0931. The van der Waals surface area contributed by atoms with E-state index in [2.05, 4.69) is 17.2 Å². The van der Waals surface area contributed by atoms with Gasteiger partial charge < -0.3 is 10.3 Å². The second-order valence-electron chi connectivity index (χ2n) is 5.21. The topological polar surface area (TPSA) is 62.0 Å². The number of pyridine rings is 1. The van der Waals surface area contributed by atoms with Crippen LogP contribution in [-0.4, -0.2) is 16.9 Å². The number of hydrogen-bond acceptors (Lipinski definition) is 2. The molecule has 0 bridgehead atoms. The zero-order valence-corrected chi connectivity index (χ0v) is 10.7. The number of aromatic amines is 1. The normalized spacial score (nSPS) is 24.3. The van der Waals surface area contributed by atoms with E-state index in [1.807, 2.05) is 0 Å². The number of carbonyl (C=O) groups excluding carboxylic acids is 1. The Kier molecular flexibility index (Phi) is 4.18. The van der Waals surface area contributed by atoms with Crippen molar-refractivity contribution in [2.75, 3.05) is 0 Å². The summed E-state index contributed by atoms with van der Waals surface area (Å²) in [5.74, 6) is 0.489. The molecule has 0 aromatic carbocycles. The maximum absolute atomic E-state index is 12.0. The van der Waals surface area contributed by atoms with Crippen molar-refractivity contribution in [2.45, 2.75) is 45.1 Å². The van der Waals surface area contributed by atoms with E-state index in [0.29, 0.717) is 0 Å². The van der Waals surface area contributed by atoms with E-state index in [4.69, 9.17) is 0 Å². The molecule has 1 amide bonds. The smallest absolute Gasteiger partial charge is 0.256 e. The molecule has 0 aliphatic heterocycles. The van der Waals surface area contributed by atoms with E-state index in [9.17, 15) is 9.59 Å². The first-order valence-corrected chi connectivity index (χ1v) is 6.65. The van der Waals surface area contributed by atoms with Crippen LogP contribution in [-0.2, 0) is 0 Å². The summed E-state index contributed by atoms with van der Waals surface area (Å²) in [6, 6.07) is 1.59. The van der Waals surface area contributed by atoms with Crippen LogP contribution in [0.1, 0.15) is 49.4 Å². The Balaban J connectivity index is 1.99. The quantitative estimate of drug-likeness (QED) is 0.787. The number of rotatable bonds is 2. The van der Waals surface area contributed by atoms with Gasteiger partial charge in [0.05, 0.1) is 0 Å². The highest BCUT2D eigenvalue weighted by Crippen LogP contribution is 2.22. The SMILES string of the molecule is CC1CCCC(NC(=O)c2c[nH]ccc2=O)CC1. The minimum atomic E-state index is -0.253. The zero-order valence-electron chi connectivity index (χ0n) is 10.7. The molecule has 1 aromatic heterocycles. The average molecular weight is 248 g/mol. The fraction of sp³-hybridized carbons (Fsp3) is 0.571. The number of H-pyrrole nitrogens is 1. The van der Waals surface area contributed by atoms with Crippen LogP contribution >= 0.6 is 0 Å². The number of carbonyl (C=O) groups is 1. The van der Waals surface area contributed by atoms with Gasteiger partial charge in [0.15, 0.2) is 5.43 Å². The third kappa shape index (κ3) is 3.22. The number of nitrogens with one attached hydrogen (secondary N) is 2. The molecular weight excluding hydrogens is 228 g/mol. The van der Waals surface area contributed by atoms with Gasteiger partial charge in [-0.05, 0) is 25.2 Å². The first-order valence-electron chi connectivity index (χ1n) is 6.65. The van der Waals surface area contributed by atoms with Gasteiger partial charge in [0.1, 0.15) is 5.56 Å². The third-order valence-electron chi connectivity index (χ3n) is 3.66. The Hall–Kier alpha value is -1.58. The highest BCUT2D eigenvalue weighted by atomic mass is 16.2. The number of aromatic nitrogens is 1. The van der Waals surface area contributed by atoms with Crippen LogP contribution in [0, 0.1) is 5.92 Å². The highest BCUT2D eigenvalue weighted by molar-refractivity contribution is 5.93. The molecule has 2 N–H and O–H groups in total. The first-order chi connectivity index (χ1) is 8.66. The summed E-state index contributed by atoms with van der Waals surface area (Å²) in [4.78, 5) is 26.3. The lowest BCUT2D eigenvalue weighted by Crippen LogP contribution is -2.36. The van der Waals surface area contributed by atoms with Gasteiger partial charge >= 0.3 is 0 Å². The summed E-state index contributed by atoms with van der Waals surface area (Å²) in [7, 11) is 0. The molecule has 0 radical (unpaired) electrons. The molecule has 0 spiro atoms. The van der Waals surface area contributed by atoms with Gasteiger partial charge in [-0.3, -0.25) is 9.59 Å². The summed E-state index contributed by atoms with van der Waals surface area (Å²) < 4.78 is 0. The fourth-order valence-corrected chi connectivity index (χ4v) is 2.49. The van der Waals surface area contributed by atoms with Crippen molar-refractivity contribution in [3.63, 3.8) is 0 Å². The van der Waals surface area contributed by atoms with Crippen LogP contribution in [0.15, 0.2) is 23.3 Å². The van der Waals surface area contributed by atoms with Crippen molar-refractivity contribution in [1.29, 1.82) is 0 Å². The molecule has 4 heteroatoms. The van der Waals surface area contributed by atoms with Crippen LogP contribution in [0.2, 0.25) is 0 Å². The Bertz CT molecular complexity index is 467. The second kappa shape index (κ2) is 5.85. The summed E-state index contributed by atoms with van der Waals surface area (Å²) in [6.07, 6.45) is 8.56. The Labute approximate surface area is 107 Å². The van der Waals surface area contributed by atoms with E-state index < -0.39 is 0 Å². The van der Waals surface area contributed by atoms with E-state index in [-0.39, 0.29) is 22.9 Å². The predicted octanol–water partition coefficient (Wildman–Crippen LogP) is 2.07. The van der Waals surface area contributed by atoms with Crippen LogP contribution in [0.5, 0.6) is 0 Å². The Morgan fingerprint density at radius 3 is 2.94 bits per heavy atom. The van der Waals surface area contributed by atoms with Crippen LogP contribution in [0.4, 0.5) is 0 Å². The van der Waals surface area contributed by atoms with Crippen LogP contribution < -0.4 is 10.7 Å². The Morgan fingerprint density at radius 2 is 2.17 bits per heavy atom. The molecule has 1 aliphatic rings. The number of hydrogen-bond donors (Lipinski definition) is 2. The molecule has 1 fully saturated rings. The molecule has 18 heavy (non-hydrogen) atoms. The molecule has 4 nitrogen and oxygen atoms in total.